The van der Waals surface area contributed by atoms with E-state index in [9.17, 15) is 0 Å². The lowest BCUT2D eigenvalue weighted by molar-refractivity contribution is 0.301. The van der Waals surface area contributed by atoms with Gasteiger partial charge in [0.2, 0.25) is 0 Å². The average molecular weight is 185 g/mol. The third-order valence-corrected chi connectivity index (χ3v) is 2.68. The van der Waals surface area contributed by atoms with Gasteiger partial charge in [-0.15, -0.1) is 0 Å². The summed E-state index contributed by atoms with van der Waals surface area (Å²) < 4.78 is 10.5. The average Bonchev–Trinajstić information content (AvgIpc) is 2.94. The molecule has 0 spiro atoms. The molecular weight excluding hydrogens is 166 g/mol. The summed E-state index contributed by atoms with van der Waals surface area (Å²) in [6.07, 6.45) is 3.55. The van der Waals surface area contributed by atoms with E-state index in [1.165, 1.54) is 12.8 Å². The Bertz CT molecular complexity index is 141. The van der Waals surface area contributed by atoms with Crippen molar-refractivity contribution in [3.63, 3.8) is 0 Å². The molecule has 3 nitrogen and oxygen atoms in total. The van der Waals surface area contributed by atoms with Gasteiger partial charge in [0.05, 0.1) is 25.4 Å². The van der Waals surface area contributed by atoms with Crippen molar-refractivity contribution in [2.75, 3.05) is 26.3 Å². The maximum Gasteiger partial charge on any atom is 0.0813 e. The van der Waals surface area contributed by atoms with Gasteiger partial charge in [-0.1, -0.05) is 6.92 Å². The summed E-state index contributed by atoms with van der Waals surface area (Å²) in [4.78, 5) is 0. The van der Waals surface area contributed by atoms with Crippen molar-refractivity contribution in [3.05, 3.63) is 0 Å². The van der Waals surface area contributed by atoms with Crippen LogP contribution in [0, 0.1) is 5.92 Å². The summed E-state index contributed by atoms with van der Waals surface area (Å²) in [5, 5.41) is 3.40. The molecule has 2 saturated heterocycles. The lowest BCUT2D eigenvalue weighted by Crippen LogP contribution is -2.24. The van der Waals surface area contributed by atoms with Crippen LogP contribution in [-0.4, -0.2) is 38.5 Å². The zero-order valence-electron chi connectivity index (χ0n) is 8.29. The summed E-state index contributed by atoms with van der Waals surface area (Å²) in [5.74, 6) is 0.750. The van der Waals surface area contributed by atoms with E-state index in [0.717, 1.165) is 32.2 Å². The summed E-state index contributed by atoms with van der Waals surface area (Å²) in [5.41, 5.74) is 0. The van der Waals surface area contributed by atoms with Gasteiger partial charge >= 0.3 is 0 Å². The number of hydrogen-bond donors (Lipinski definition) is 1. The highest BCUT2D eigenvalue weighted by Crippen LogP contribution is 2.26. The number of ether oxygens (including phenoxy) is 2. The van der Waals surface area contributed by atoms with Crippen LogP contribution in [0.4, 0.5) is 0 Å². The summed E-state index contributed by atoms with van der Waals surface area (Å²) in [6.45, 7) is 6.30. The van der Waals surface area contributed by atoms with Crippen LogP contribution in [0.3, 0.4) is 0 Å². The van der Waals surface area contributed by atoms with Crippen LogP contribution in [0.25, 0.3) is 0 Å². The van der Waals surface area contributed by atoms with Gasteiger partial charge in [-0.2, -0.15) is 0 Å². The van der Waals surface area contributed by atoms with Crippen LogP contribution in [0.1, 0.15) is 19.8 Å². The van der Waals surface area contributed by atoms with Crippen LogP contribution in [0.15, 0.2) is 0 Å². The van der Waals surface area contributed by atoms with Crippen molar-refractivity contribution in [1.82, 2.24) is 5.32 Å². The van der Waals surface area contributed by atoms with Gasteiger partial charge in [0.1, 0.15) is 0 Å². The predicted octanol–water partition coefficient (Wildman–Crippen LogP) is 0.790. The normalized spacial score (nSPS) is 33.0. The Hall–Kier alpha value is -0.120. The summed E-state index contributed by atoms with van der Waals surface area (Å²) >= 11 is 0. The first-order chi connectivity index (χ1) is 6.38. The first kappa shape index (κ1) is 9.44. The molecule has 0 saturated carbocycles. The largest absolute Gasteiger partial charge is 0.373 e. The molecule has 0 amide bonds. The van der Waals surface area contributed by atoms with Gasteiger partial charge in [-0.05, 0) is 31.8 Å². The second kappa shape index (κ2) is 4.40. The molecule has 2 fully saturated rings. The van der Waals surface area contributed by atoms with E-state index in [0.29, 0.717) is 12.2 Å². The number of nitrogens with one attached hydrogen (secondary N) is 1. The van der Waals surface area contributed by atoms with E-state index >= 15 is 0 Å². The van der Waals surface area contributed by atoms with E-state index in [-0.39, 0.29) is 0 Å². The SMILES string of the molecule is CCNCC(CC1CO1)CC1CO1. The third kappa shape index (κ3) is 3.63. The highest BCUT2D eigenvalue weighted by atomic mass is 16.6. The molecular formula is C10H19NO2. The summed E-state index contributed by atoms with van der Waals surface area (Å²) in [6, 6.07) is 0. The van der Waals surface area contributed by atoms with Gasteiger partial charge in [0.15, 0.2) is 0 Å². The fourth-order valence-corrected chi connectivity index (χ4v) is 1.76. The predicted molar refractivity (Wildman–Crippen MR) is 50.7 cm³/mol. The fraction of sp³-hybridized carbons (Fsp3) is 1.00. The quantitative estimate of drug-likeness (QED) is 0.596. The van der Waals surface area contributed by atoms with Crippen LogP contribution < -0.4 is 5.32 Å². The maximum absolute atomic E-state index is 5.25. The van der Waals surface area contributed by atoms with Crippen molar-refractivity contribution in [1.29, 1.82) is 0 Å². The monoisotopic (exact) mass is 185 g/mol. The molecule has 2 aliphatic heterocycles. The Labute approximate surface area is 79.8 Å². The van der Waals surface area contributed by atoms with Gasteiger partial charge in [-0.25, -0.2) is 0 Å². The molecule has 2 unspecified atom stereocenters. The lowest BCUT2D eigenvalue weighted by atomic mass is 9.98. The van der Waals surface area contributed by atoms with Crippen molar-refractivity contribution in [2.45, 2.75) is 32.0 Å². The second-order valence-electron chi connectivity index (χ2n) is 4.06. The number of epoxide rings is 2. The van der Waals surface area contributed by atoms with E-state index < -0.39 is 0 Å². The molecule has 3 heteroatoms. The van der Waals surface area contributed by atoms with Crippen LogP contribution in [-0.2, 0) is 9.47 Å². The lowest BCUT2D eigenvalue weighted by Gasteiger charge is -2.14. The van der Waals surface area contributed by atoms with Gasteiger partial charge in [0.25, 0.3) is 0 Å². The molecule has 76 valence electrons. The van der Waals surface area contributed by atoms with Gasteiger partial charge in [-0.3, -0.25) is 0 Å². The minimum atomic E-state index is 0.558. The molecule has 2 heterocycles. The molecule has 0 radical (unpaired) electrons. The topological polar surface area (TPSA) is 37.1 Å². The Morgan fingerprint density at radius 1 is 1.23 bits per heavy atom. The molecule has 0 aromatic rings. The molecule has 2 aliphatic rings. The Morgan fingerprint density at radius 3 is 2.15 bits per heavy atom. The highest BCUT2D eigenvalue weighted by Gasteiger charge is 2.31. The molecule has 13 heavy (non-hydrogen) atoms. The van der Waals surface area contributed by atoms with Crippen LogP contribution >= 0.6 is 0 Å². The minimum absolute atomic E-state index is 0.558. The molecule has 0 aromatic carbocycles. The molecule has 1 N–H and O–H groups in total. The molecule has 2 atom stereocenters. The Morgan fingerprint density at radius 2 is 1.77 bits per heavy atom. The zero-order chi connectivity index (χ0) is 9.10. The molecule has 0 bridgehead atoms. The molecule has 2 rings (SSSR count). The van der Waals surface area contributed by atoms with E-state index in [1.54, 1.807) is 0 Å². The second-order valence-corrected chi connectivity index (χ2v) is 4.06. The standard InChI is InChI=1S/C10H19NO2/c1-2-11-5-8(3-9-6-12-9)4-10-7-13-10/h8-11H,2-7H2,1H3. The Balaban J connectivity index is 1.64. The molecule has 0 aromatic heterocycles. The van der Waals surface area contributed by atoms with E-state index in [4.69, 9.17) is 9.47 Å². The number of rotatable bonds is 7. The number of hydrogen-bond acceptors (Lipinski definition) is 3. The van der Waals surface area contributed by atoms with Gasteiger partial charge < -0.3 is 14.8 Å². The van der Waals surface area contributed by atoms with Crippen molar-refractivity contribution >= 4 is 0 Å². The third-order valence-electron chi connectivity index (χ3n) is 2.68. The minimum Gasteiger partial charge on any atom is -0.373 e. The maximum atomic E-state index is 5.25. The fourth-order valence-electron chi connectivity index (χ4n) is 1.76. The smallest absolute Gasteiger partial charge is 0.0813 e. The van der Waals surface area contributed by atoms with Gasteiger partial charge in [0, 0.05) is 0 Å². The zero-order valence-corrected chi connectivity index (χ0v) is 8.29. The van der Waals surface area contributed by atoms with Crippen molar-refractivity contribution < 1.29 is 9.47 Å². The van der Waals surface area contributed by atoms with E-state index in [2.05, 4.69) is 12.2 Å². The Kier molecular flexibility index (Phi) is 3.19. The first-order valence-electron chi connectivity index (χ1n) is 5.32. The van der Waals surface area contributed by atoms with Crippen LogP contribution in [0.5, 0.6) is 0 Å². The highest BCUT2D eigenvalue weighted by molar-refractivity contribution is 4.80. The van der Waals surface area contributed by atoms with Crippen molar-refractivity contribution in [2.24, 2.45) is 5.92 Å². The van der Waals surface area contributed by atoms with Crippen molar-refractivity contribution in [3.8, 4) is 0 Å². The molecule has 0 aliphatic carbocycles. The van der Waals surface area contributed by atoms with Crippen LogP contribution in [0.2, 0.25) is 0 Å². The van der Waals surface area contributed by atoms with E-state index in [1.807, 2.05) is 0 Å². The first-order valence-corrected chi connectivity index (χ1v) is 5.32. The summed E-state index contributed by atoms with van der Waals surface area (Å²) in [7, 11) is 0.